The monoisotopic (exact) mass is 173 g/mol. The van der Waals surface area contributed by atoms with E-state index in [1.54, 1.807) is 0 Å². The highest BCUT2D eigenvalue weighted by molar-refractivity contribution is 8.00. The zero-order valence-corrected chi connectivity index (χ0v) is 5.96. The molecule has 0 fully saturated rings. The van der Waals surface area contributed by atoms with E-state index in [4.69, 9.17) is 5.21 Å². The molecule has 0 bridgehead atoms. The number of halogens is 3. The number of alkyl halides is 3. The topological polar surface area (TPSA) is 32.6 Å². The Bertz CT molecular complexity index is 133. The van der Waals surface area contributed by atoms with E-state index in [2.05, 4.69) is 5.16 Å². The van der Waals surface area contributed by atoms with Crippen molar-refractivity contribution in [3.63, 3.8) is 0 Å². The molecule has 0 aromatic carbocycles. The Hall–Kier alpha value is -0.390. The van der Waals surface area contributed by atoms with Gasteiger partial charge in [0, 0.05) is 5.75 Å². The van der Waals surface area contributed by atoms with E-state index >= 15 is 0 Å². The van der Waals surface area contributed by atoms with Crippen LogP contribution in [0.4, 0.5) is 13.2 Å². The molecule has 1 N–H and O–H groups in total. The number of nitrogens with zero attached hydrogens (tertiary/aromatic N) is 1. The minimum atomic E-state index is -4.24. The molecule has 0 aromatic rings. The zero-order chi connectivity index (χ0) is 8.20. The smallest absolute Gasteiger partial charge is 0.411 e. The molecule has 0 aliphatic rings. The van der Waals surface area contributed by atoms with Crippen molar-refractivity contribution in [2.75, 3.05) is 5.75 Å². The normalized spacial score (nSPS) is 13.8. The second-order valence-corrected chi connectivity index (χ2v) is 2.61. The summed E-state index contributed by atoms with van der Waals surface area (Å²) in [5, 5.41) is 10.5. The van der Waals surface area contributed by atoms with Gasteiger partial charge in [-0.3, -0.25) is 0 Å². The minimum absolute atomic E-state index is 0.0577. The summed E-state index contributed by atoms with van der Waals surface area (Å²) in [6, 6.07) is 0. The van der Waals surface area contributed by atoms with Crippen molar-refractivity contribution in [2.24, 2.45) is 5.16 Å². The van der Waals surface area contributed by atoms with Crippen molar-refractivity contribution < 1.29 is 18.4 Å². The van der Waals surface area contributed by atoms with E-state index in [0.717, 1.165) is 0 Å². The Morgan fingerprint density at radius 2 is 2.10 bits per heavy atom. The van der Waals surface area contributed by atoms with Crippen LogP contribution in [0.3, 0.4) is 0 Å². The fraction of sp³-hybridized carbons (Fsp3) is 0.750. The highest BCUT2D eigenvalue weighted by atomic mass is 32.2. The molecule has 6 heteroatoms. The Kier molecular flexibility index (Phi) is 3.55. The van der Waals surface area contributed by atoms with Gasteiger partial charge in [-0.15, -0.1) is 0 Å². The fourth-order valence-corrected chi connectivity index (χ4v) is 0.645. The lowest BCUT2D eigenvalue weighted by Gasteiger charge is -2.02. The number of hydrogen-bond acceptors (Lipinski definition) is 3. The van der Waals surface area contributed by atoms with Crippen LogP contribution in [-0.4, -0.2) is 22.2 Å². The Labute approximate surface area is 60.1 Å². The predicted octanol–water partition coefficient (Wildman–Crippen LogP) is 2.09. The fourth-order valence-electron chi connectivity index (χ4n) is 0.215. The highest BCUT2D eigenvalue weighted by Crippen LogP contribution is 2.29. The summed E-state index contributed by atoms with van der Waals surface area (Å²) < 4.78 is 34.1. The van der Waals surface area contributed by atoms with Crippen LogP contribution in [0.2, 0.25) is 0 Å². The van der Waals surface area contributed by atoms with Gasteiger partial charge >= 0.3 is 5.51 Å². The standard InChI is InChI=1S/C4H6F3NOS/c1-3(8-9)2-10-4(5,6)7/h9H,2H2,1H3/b8-3+. The van der Waals surface area contributed by atoms with Crippen LogP contribution in [0.1, 0.15) is 6.92 Å². The van der Waals surface area contributed by atoms with Crippen molar-refractivity contribution in [3.8, 4) is 0 Å². The summed E-state index contributed by atoms with van der Waals surface area (Å²) >= 11 is -0.225. The molecule has 0 unspecified atom stereocenters. The molecule has 0 heterocycles. The first-order valence-electron chi connectivity index (χ1n) is 2.34. The summed E-state index contributed by atoms with van der Waals surface area (Å²) in [5.74, 6) is -0.319. The maximum absolute atomic E-state index is 11.4. The molecule has 0 aliphatic carbocycles. The molecule has 2 nitrogen and oxygen atoms in total. The Balaban J connectivity index is 3.56. The maximum atomic E-state index is 11.4. The molecule has 0 rings (SSSR count). The SMILES string of the molecule is C/C(CSC(F)(F)F)=N\O. The average molecular weight is 173 g/mol. The second kappa shape index (κ2) is 3.70. The molecule has 0 saturated carbocycles. The van der Waals surface area contributed by atoms with Crippen LogP contribution in [0.25, 0.3) is 0 Å². The highest BCUT2D eigenvalue weighted by Gasteiger charge is 2.27. The summed E-state index contributed by atoms with van der Waals surface area (Å²) in [6.07, 6.45) is 0. The molecule has 0 amide bonds. The Morgan fingerprint density at radius 3 is 2.40 bits per heavy atom. The van der Waals surface area contributed by atoms with Crippen molar-refractivity contribution in [1.82, 2.24) is 0 Å². The van der Waals surface area contributed by atoms with E-state index in [9.17, 15) is 13.2 Å². The second-order valence-electron chi connectivity index (χ2n) is 1.57. The zero-order valence-electron chi connectivity index (χ0n) is 5.14. The molecule has 0 aromatic heterocycles. The van der Waals surface area contributed by atoms with Gasteiger partial charge in [-0.2, -0.15) is 13.2 Å². The molecular weight excluding hydrogens is 167 g/mol. The van der Waals surface area contributed by atoms with E-state index < -0.39 is 5.51 Å². The first-order chi connectivity index (χ1) is 4.45. The van der Waals surface area contributed by atoms with Gasteiger partial charge in [0.05, 0.1) is 5.71 Å². The molecule has 0 atom stereocenters. The summed E-state index contributed by atoms with van der Waals surface area (Å²) in [7, 11) is 0. The van der Waals surface area contributed by atoms with E-state index in [-0.39, 0.29) is 23.2 Å². The quantitative estimate of drug-likeness (QED) is 0.394. The molecule has 0 radical (unpaired) electrons. The van der Waals surface area contributed by atoms with Gasteiger partial charge in [-0.05, 0) is 18.7 Å². The van der Waals surface area contributed by atoms with Gasteiger partial charge in [0.15, 0.2) is 0 Å². The lowest BCUT2D eigenvalue weighted by molar-refractivity contribution is -0.0325. The third-order valence-corrected chi connectivity index (χ3v) is 1.50. The van der Waals surface area contributed by atoms with Crippen LogP contribution in [-0.2, 0) is 0 Å². The number of thioether (sulfide) groups is 1. The third kappa shape index (κ3) is 5.74. The molecular formula is C4H6F3NOS. The third-order valence-electron chi connectivity index (χ3n) is 0.615. The lowest BCUT2D eigenvalue weighted by Crippen LogP contribution is -2.05. The Morgan fingerprint density at radius 1 is 1.60 bits per heavy atom. The molecule has 0 spiro atoms. The first-order valence-corrected chi connectivity index (χ1v) is 3.32. The average Bonchev–Trinajstić information content (AvgIpc) is 1.81. The van der Waals surface area contributed by atoms with Crippen molar-refractivity contribution >= 4 is 17.5 Å². The van der Waals surface area contributed by atoms with Crippen LogP contribution < -0.4 is 0 Å². The molecule has 0 aliphatic heterocycles. The minimum Gasteiger partial charge on any atom is -0.411 e. The van der Waals surface area contributed by atoms with Gasteiger partial charge in [0.25, 0.3) is 0 Å². The van der Waals surface area contributed by atoms with E-state index in [1.165, 1.54) is 6.92 Å². The molecule has 10 heavy (non-hydrogen) atoms. The number of hydrogen-bond donors (Lipinski definition) is 1. The van der Waals surface area contributed by atoms with Crippen LogP contribution >= 0.6 is 11.8 Å². The molecule has 0 saturated heterocycles. The lowest BCUT2D eigenvalue weighted by atomic mass is 10.5. The van der Waals surface area contributed by atoms with Crippen molar-refractivity contribution in [2.45, 2.75) is 12.4 Å². The van der Waals surface area contributed by atoms with Crippen LogP contribution in [0, 0.1) is 0 Å². The summed E-state index contributed by atoms with van der Waals surface area (Å²) in [4.78, 5) is 0. The predicted molar refractivity (Wildman–Crippen MR) is 33.4 cm³/mol. The van der Waals surface area contributed by atoms with E-state index in [0.29, 0.717) is 0 Å². The largest absolute Gasteiger partial charge is 0.442 e. The van der Waals surface area contributed by atoms with Crippen molar-refractivity contribution in [1.29, 1.82) is 0 Å². The van der Waals surface area contributed by atoms with Crippen LogP contribution in [0.5, 0.6) is 0 Å². The summed E-state index contributed by atoms with van der Waals surface area (Å²) in [6.45, 7) is 1.32. The summed E-state index contributed by atoms with van der Waals surface area (Å²) in [5.41, 5.74) is -4.19. The van der Waals surface area contributed by atoms with Gasteiger partial charge in [0.2, 0.25) is 0 Å². The van der Waals surface area contributed by atoms with Crippen LogP contribution in [0.15, 0.2) is 5.16 Å². The van der Waals surface area contributed by atoms with Gasteiger partial charge < -0.3 is 5.21 Å². The number of oxime groups is 1. The van der Waals surface area contributed by atoms with Gasteiger partial charge in [-0.1, -0.05) is 5.16 Å². The maximum Gasteiger partial charge on any atom is 0.442 e. The van der Waals surface area contributed by atoms with Gasteiger partial charge in [-0.25, -0.2) is 0 Å². The van der Waals surface area contributed by atoms with Gasteiger partial charge in [0.1, 0.15) is 0 Å². The first kappa shape index (κ1) is 9.61. The van der Waals surface area contributed by atoms with E-state index in [1.807, 2.05) is 0 Å². The number of rotatable bonds is 2. The van der Waals surface area contributed by atoms with Crippen molar-refractivity contribution in [3.05, 3.63) is 0 Å². The molecule has 60 valence electrons.